The van der Waals surface area contributed by atoms with Crippen LogP contribution in [-0.4, -0.2) is 35.5 Å². The molecule has 0 aromatic heterocycles. The van der Waals surface area contributed by atoms with Crippen molar-refractivity contribution in [2.75, 3.05) is 19.8 Å². The van der Waals surface area contributed by atoms with E-state index in [-0.39, 0.29) is 18.8 Å². The van der Waals surface area contributed by atoms with Crippen molar-refractivity contribution in [1.29, 1.82) is 0 Å². The molecule has 0 aromatic carbocycles. The third kappa shape index (κ3) is 2.93. The highest BCUT2D eigenvalue weighted by atomic mass is 16.3. The summed E-state index contributed by atoms with van der Waals surface area (Å²) in [6, 6.07) is 0. The number of hydrogen-bond donors (Lipinski definition) is 3. The molecule has 1 aliphatic rings. The molecule has 0 saturated heterocycles. The predicted molar refractivity (Wildman–Crippen MR) is 52.5 cm³/mol. The normalized spacial score (nSPS) is 34.8. The SMILES string of the molecule is CC1CCC(CO)(NCCO)CC1. The van der Waals surface area contributed by atoms with E-state index in [0.29, 0.717) is 6.54 Å². The van der Waals surface area contributed by atoms with Crippen LogP contribution in [0.2, 0.25) is 0 Å². The summed E-state index contributed by atoms with van der Waals surface area (Å²) in [5.41, 5.74) is -0.102. The zero-order chi connectivity index (χ0) is 9.73. The summed E-state index contributed by atoms with van der Waals surface area (Å²) in [6.45, 7) is 3.19. The lowest BCUT2D eigenvalue weighted by atomic mass is 9.77. The van der Waals surface area contributed by atoms with Gasteiger partial charge in [-0.1, -0.05) is 6.92 Å². The second kappa shape index (κ2) is 4.94. The zero-order valence-electron chi connectivity index (χ0n) is 8.42. The summed E-state index contributed by atoms with van der Waals surface area (Å²) in [7, 11) is 0. The largest absolute Gasteiger partial charge is 0.395 e. The fourth-order valence-corrected chi connectivity index (χ4v) is 2.03. The molecule has 78 valence electrons. The van der Waals surface area contributed by atoms with E-state index >= 15 is 0 Å². The van der Waals surface area contributed by atoms with Crippen molar-refractivity contribution >= 4 is 0 Å². The van der Waals surface area contributed by atoms with Crippen LogP contribution in [0.5, 0.6) is 0 Å². The van der Waals surface area contributed by atoms with Crippen LogP contribution in [-0.2, 0) is 0 Å². The molecule has 13 heavy (non-hydrogen) atoms. The van der Waals surface area contributed by atoms with Gasteiger partial charge in [0.05, 0.1) is 13.2 Å². The fourth-order valence-electron chi connectivity index (χ4n) is 2.03. The molecule has 0 atom stereocenters. The first kappa shape index (κ1) is 11.0. The molecule has 1 aliphatic carbocycles. The van der Waals surface area contributed by atoms with Gasteiger partial charge in [0.15, 0.2) is 0 Å². The molecule has 0 bridgehead atoms. The van der Waals surface area contributed by atoms with E-state index in [1.54, 1.807) is 0 Å². The lowest BCUT2D eigenvalue weighted by Crippen LogP contribution is -2.51. The highest BCUT2D eigenvalue weighted by molar-refractivity contribution is 4.91. The van der Waals surface area contributed by atoms with E-state index in [4.69, 9.17) is 5.11 Å². The third-order valence-corrected chi connectivity index (χ3v) is 3.15. The van der Waals surface area contributed by atoms with Gasteiger partial charge >= 0.3 is 0 Å². The Morgan fingerprint density at radius 2 is 1.92 bits per heavy atom. The smallest absolute Gasteiger partial charge is 0.0613 e. The molecule has 1 saturated carbocycles. The highest BCUT2D eigenvalue weighted by Gasteiger charge is 2.32. The maximum atomic E-state index is 9.31. The number of aliphatic hydroxyl groups excluding tert-OH is 2. The summed E-state index contributed by atoms with van der Waals surface area (Å²) >= 11 is 0. The molecule has 3 heteroatoms. The second-order valence-electron chi connectivity index (χ2n) is 4.27. The minimum absolute atomic E-state index is 0.102. The standard InChI is InChI=1S/C10H21NO2/c1-9-2-4-10(8-13,5-3-9)11-6-7-12/h9,11-13H,2-8H2,1H3. The average Bonchev–Trinajstić information content (AvgIpc) is 2.18. The number of rotatable bonds is 4. The third-order valence-electron chi connectivity index (χ3n) is 3.15. The monoisotopic (exact) mass is 187 g/mol. The summed E-state index contributed by atoms with van der Waals surface area (Å²) in [4.78, 5) is 0. The summed E-state index contributed by atoms with van der Waals surface area (Å²) in [6.07, 6.45) is 4.42. The average molecular weight is 187 g/mol. The van der Waals surface area contributed by atoms with E-state index in [2.05, 4.69) is 12.2 Å². The molecular weight excluding hydrogens is 166 g/mol. The molecule has 1 rings (SSSR count). The van der Waals surface area contributed by atoms with Crippen molar-refractivity contribution in [3.8, 4) is 0 Å². The van der Waals surface area contributed by atoms with E-state index in [9.17, 15) is 5.11 Å². The Hall–Kier alpha value is -0.120. The van der Waals surface area contributed by atoms with Gasteiger partial charge in [0, 0.05) is 12.1 Å². The maximum absolute atomic E-state index is 9.31. The Kier molecular flexibility index (Phi) is 4.16. The Bertz CT molecular complexity index is 136. The molecular formula is C10H21NO2. The topological polar surface area (TPSA) is 52.5 Å². The van der Waals surface area contributed by atoms with E-state index in [0.717, 1.165) is 18.8 Å². The molecule has 3 N–H and O–H groups in total. The van der Waals surface area contributed by atoms with Crippen molar-refractivity contribution in [2.24, 2.45) is 5.92 Å². The van der Waals surface area contributed by atoms with Crippen LogP contribution in [0.4, 0.5) is 0 Å². The van der Waals surface area contributed by atoms with Crippen molar-refractivity contribution in [1.82, 2.24) is 5.32 Å². The van der Waals surface area contributed by atoms with E-state index < -0.39 is 0 Å². The van der Waals surface area contributed by atoms with Gasteiger partial charge < -0.3 is 15.5 Å². The van der Waals surface area contributed by atoms with Crippen LogP contribution in [0.25, 0.3) is 0 Å². The van der Waals surface area contributed by atoms with E-state index in [1.807, 2.05) is 0 Å². The quantitative estimate of drug-likeness (QED) is 0.601. The zero-order valence-corrected chi connectivity index (χ0v) is 8.42. The molecule has 0 heterocycles. The van der Waals surface area contributed by atoms with E-state index in [1.165, 1.54) is 12.8 Å². The molecule has 1 fully saturated rings. The lowest BCUT2D eigenvalue weighted by Gasteiger charge is -2.38. The maximum Gasteiger partial charge on any atom is 0.0613 e. The molecule has 0 radical (unpaired) electrons. The van der Waals surface area contributed by atoms with Crippen molar-refractivity contribution < 1.29 is 10.2 Å². The Balaban J connectivity index is 2.40. The fraction of sp³-hybridized carbons (Fsp3) is 1.00. The number of aliphatic hydroxyl groups is 2. The van der Waals surface area contributed by atoms with Gasteiger partial charge in [-0.25, -0.2) is 0 Å². The number of nitrogens with one attached hydrogen (secondary N) is 1. The van der Waals surface area contributed by atoms with Gasteiger partial charge in [-0.2, -0.15) is 0 Å². The summed E-state index contributed by atoms with van der Waals surface area (Å²) < 4.78 is 0. The summed E-state index contributed by atoms with van der Waals surface area (Å²) in [5.74, 6) is 0.788. The minimum atomic E-state index is -0.102. The highest BCUT2D eigenvalue weighted by Crippen LogP contribution is 2.31. The van der Waals surface area contributed by atoms with Gasteiger partial charge in [-0.05, 0) is 31.6 Å². The molecule has 0 amide bonds. The van der Waals surface area contributed by atoms with Crippen LogP contribution in [0.1, 0.15) is 32.6 Å². The molecule has 0 aliphatic heterocycles. The molecule has 3 nitrogen and oxygen atoms in total. The Morgan fingerprint density at radius 1 is 1.31 bits per heavy atom. The van der Waals surface area contributed by atoms with Crippen molar-refractivity contribution in [3.05, 3.63) is 0 Å². The number of hydrogen-bond acceptors (Lipinski definition) is 3. The van der Waals surface area contributed by atoms with Crippen LogP contribution < -0.4 is 5.32 Å². The van der Waals surface area contributed by atoms with Gasteiger partial charge in [-0.15, -0.1) is 0 Å². The molecule has 0 spiro atoms. The van der Waals surface area contributed by atoms with Crippen LogP contribution in [0, 0.1) is 5.92 Å². The van der Waals surface area contributed by atoms with Gasteiger partial charge in [-0.3, -0.25) is 0 Å². The van der Waals surface area contributed by atoms with Gasteiger partial charge in [0.25, 0.3) is 0 Å². The Morgan fingerprint density at radius 3 is 2.38 bits per heavy atom. The lowest BCUT2D eigenvalue weighted by molar-refractivity contribution is 0.1000. The predicted octanol–water partition coefficient (Wildman–Crippen LogP) is 0.509. The minimum Gasteiger partial charge on any atom is -0.395 e. The van der Waals surface area contributed by atoms with Gasteiger partial charge in [0.1, 0.15) is 0 Å². The first-order chi connectivity index (χ1) is 6.22. The number of β-amino-alcohol motifs (C(OH)–C–C–N with tert-alkyl or cyclic N) is 1. The first-order valence-electron chi connectivity index (χ1n) is 5.19. The van der Waals surface area contributed by atoms with Crippen molar-refractivity contribution in [2.45, 2.75) is 38.1 Å². The van der Waals surface area contributed by atoms with Crippen molar-refractivity contribution in [3.63, 3.8) is 0 Å². The summed E-state index contributed by atoms with van der Waals surface area (Å²) in [5, 5.41) is 21.3. The molecule has 0 unspecified atom stereocenters. The molecule has 0 aromatic rings. The van der Waals surface area contributed by atoms with Crippen LogP contribution in [0.3, 0.4) is 0 Å². The van der Waals surface area contributed by atoms with Crippen LogP contribution in [0.15, 0.2) is 0 Å². The van der Waals surface area contributed by atoms with Crippen LogP contribution >= 0.6 is 0 Å². The first-order valence-corrected chi connectivity index (χ1v) is 5.19. The van der Waals surface area contributed by atoms with Gasteiger partial charge in [0.2, 0.25) is 0 Å². The Labute approximate surface area is 80.2 Å². The second-order valence-corrected chi connectivity index (χ2v) is 4.27.